The fraction of sp³-hybridized carbons (Fsp3) is 0.636. The minimum absolute atomic E-state index is 0.0618. The van der Waals surface area contributed by atoms with Gasteiger partial charge < -0.3 is 10.0 Å². The number of ketones is 1. The van der Waals surface area contributed by atoms with Gasteiger partial charge in [0.05, 0.1) is 11.1 Å². The Hall–Kier alpha value is -1.39. The molecule has 0 saturated heterocycles. The second kappa shape index (κ2) is 15.6. The van der Waals surface area contributed by atoms with Gasteiger partial charge in [-0.15, -0.1) is 0 Å². The van der Waals surface area contributed by atoms with Gasteiger partial charge in [-0.1, -0.05) is 81.9 Å². The minimum Gasteiger partial charge on any atom is -0.389 e. The first-order valence-corrected chi connectivity index (χ1v) is 10.3. The van der Waals surface area contributed by atoms with E-state index >= 15 is 0 Å². The average molecular weight is 398 g/mol. The van der Waals surface area contributed by atoms with Crippen molar-refractivity contribution in [1.29, 1.82) is 0 Å². The summed E-state index contributed by atoms with van der Waals surface area (Å²) >= 11 is 5.98. The molecule has 0 saturated carbocycles. The molecule has 27 heavy (non-hydrogen) atoms. The van der Waals surface area contributed by atoms with Gasteiger partial charge in [-0.05, 0) is 19.3 Å². The number of hydrogen-bond donors (Lipinski definition) is 1. The highest BCUT2D eigenvalue weighted by Crippen LogP contribution is 2.31. The predicted molar refractivity (Wildman–Crippen MR) is 114 cm³/mol. The van der Waals surface area contributed by atoms with Crippen molar-refractivity contribution in [3.05, 3.63) is 34.9 Å². The number of aliphatic hydroxyl groups excluding tert-OH is 1. The third kappa shape index (κ3) is 11.8. The number of carbonyl (C=O) groups is 2. The molecule has 0 spiro atoms. The lowest BCUT2D eigenvalue weighted by Gasteiger charge is -2.08. The van der Waals surface area contributed by atoms with Crippen LogP contribution in [0.3, 0.4) is 0 Å². The maximum absolute atomic E-state index is 12.1. The van der Waals surface area contributed by atoms with Crippen LogP contribution in [0.4, 0.5) is 0 Å². The normalized spacial score (nSPS) is 19.0. The van der Waals surface area contributed by atoms with Crippen molar-refractivity contribution in [3.8, 4) is 0 Å². The molecule has 2 atom stereocenters. The average Bonchev–Trinajstić information content (AvgIpc) is 2.91. The lowest BCUT2D eigenvalue weighted by atomic mass is 9.98. The van der Waals surface area contributed by atoms with Gasteiger partial charge in [0.25, 0.3) is 0 Å². The van der Waals surface area contributed by atoms with Gasteiger partial charge in [-0.2, -0.15) is 0 Å². The summed E-state index contributed by atoms with van der Waals surface area (Å²) in [6, 6.07) is 0. The van der Waals surface area contributed by atoms with Crippen molar-refractivity contribution >= 4 is 23.8 Å². The van der Waals surface area contributed by atoms with Gasteiger partial charge in [0.15, 0.2) is 0 Å². The first-order chi connectivity index (χ1) is 12.9. The van der Waals surface area contributed by atoms with E-state index in [0.717, 1.165) is 50.5 Å². The van der Waals surface area contributed by atoms with E-state index in [9.17, 15) is 14.7 Å². The standard InChI is InChI=1S/C19H29ClO2.C3H7NO/c1-3-5-7-9-11-17-15(14-18(20)19(17)22)12-13-16(21)10-8-6-4-2;1-4(2)3-5/h11-16,21H,3-10H2,1-2H3;3H,1-2H3. The van der Waals surface area contributed by atoms with E-state index in [1.807, 2.05) is 12.2 Å². The number of unbranched alkanes of at least 4 members (excludes halogenated alkanes) is 5. The molecule has 0 aromatic heterocycles. The molecule has 1 rings (SSSR count). The number of rotatable bonds is 11. The second-order valence-electron chi connectivity index (χ2n) is 7.04. The number of allylic oxidation sites excluding steroid dienone is 5. The van der Waals surface area contributed by atoms with Crippen LogP contribution in [0.25, 0.3) is 0 Å². The first kappa shape index (κ1) is 25.6. The highest BCUT2D eigenvalue weighted by Gasteiger charge is 2.26. The van der Waals surface area contributed by atoms with Crippen molar-refractivity contribution < 1.29 is 14.7 Å². The Bertz CT molecular complexity index is 524. The Kier molecular flexibility index (Phi) is 14.8. The number of halogens is 1. The maximum atomic E-state index is 12.1. The van der Waals surface area contributed by atoms with Crippen LogP contribution in [0.5, 0.6) is 0 Å². The van der Waals surface area contributed by atoms with Crippen molar-refractivity contribution in [3.63, 3.8) is 0 Å². The molecule has 0 aliphatic heterocycles. The van der Waals surface area contributed by atoms with E-state index in [-0.39, 0.29) is 11.7 Å². The Morgan fingerprint density at radius 2 is 1.78 bits per heavy atom. The molecule has 4 nitrogen and oxygen atoms in total. The summed E-state index contributed by atoms with van der Waals surface area (Å²) in [5, 5.41) is 10.3. The summed E-state index contributed by atoms with van der Waals surface area (Å²) in [6.07, 6.45) is 16.3. The zero-order chi connectivity index (χ0) is 20.7. The molecular formula is C22H36ClNO3. The second-order valence-corrected chi connectivity index (χ2v) is 7.45. The fourth-order valence-corrected chi connectivity index (χ4v) is 2.84. The maximum Gasteiger partial charge on any atom is 0.209 e. The monoisotopic (exact) mass is 397 g/mol. The molecule has 154 valence electrons. The fourth-order valence-electron chi connectivity index (χ4n) is 2.60. The molecule has 1 amide bonds. The molecule has 2 unspecified atom stereocenters. The molecule has 0 aromatic rings. The highest BCUT2D eigenvalue weighted by molar-refractivity contribution is 6.46. The zero-order valence-corrected chi connectivity index (χ0v) is 18.0. The quantitative estimate of drug-likeness (QED) is 0.230. The van der Waals surface area contributed by atoms with Crippen LogP contribution in [0.2, 0.25) is 0 Å². The number of amides is 1. The molecule has 5 heteroatoms. The predicted octanol–water partition coefficient (Wildman–Crippen LogP) is 5.02. The van der Waals surface area contributed by atoms with Crippen molar-refractivity contribution in [1.82, 2.24) is 4.90 Å². The van der Waals surface area contributed by atoms with Crippen LogP contribution in [0, 0.1) is 5.92 Å². The van der Waals surface area contributed by atoms with Crippen LogP contribution in [-0.2, 0) is 9.59 Å². The molecule has 0 heterocycles. The summed E-state index contributed by atoms with van der Waals surface area (Å²) in [6.45, 7) is 4.31. The molecule has 0 aromatic carbocycles. The summed E-state index contributed by atoms with van der Waals surface area (Å²) in [4.78, 5) is 22.9. The number of nitrogens with zero attached hydrogens (tertiary/aromatic N) is 1. The van der Waals surface area contributed by atoms with Gasteiger partial charge in [0.2, 0.25) is 12.2 Å². The molecule has 1 aliphatic carbocycles. The summed E-state index contributed by atoms with van der Waals surface area (Å²) in [5.74, 6) is -0.143. The topological polar surface area (TPSA) is 57.6 Å². The van der Waals surface area contributed by atoms with E-state index in [2.05, 4.69) is 13.8 Å². The Balaban J connectivity index is 0.00000119. The van der Waals surface area contributed by atoms with Crippen molar-refractivity contribution in [2.45, 2.75) is 71.3 Å². The molecule has 1 N–H and O–H groups in total. The lowest BCUT2D eigenvalue weighted by Crippen LogP contribution is -2.06. The molecule has 0 fully saturated rings. The van der Waals surface area contributed by atoms with Crippen LogP contribution in [0.15, 0.2) is 34.9 Å². The van der Waals surface area contributed by atoms with E-state index in [1.165, 1.54) is 17.7 Å². The van der Waals surface area contributed by atoms with E-state index in [1.54, 1.807) is 26.2 Å². The zero-order valence-electron chi connectivity index (χ0n) is 17.3. The number of carbonyl (C=O) groups excluding carboxylic acids is 2. The summed E-state index contributed by atoms with van der Waals surface area (Å²) in [7, 11) is 3.38. The largest absolute Gasteiger partial charge is 0.389 e. The molecule has 1 aliphatic rings. The van der Waals surface area contributed by atoms with Gasteiger partial charge in [0.1, 0.15) is 0 Å². The van der Waals surface area contributed by atoms with Crippen molar-refractivity contribution in [2.75, 3.05) is 14.1 Å². The number of hydrogen-bond acceptors (Lipinski definition) is 3. The third-order valence-corrected chi connectivity index (χ3v) is 4.49. The van der Waals surface area contributed by atoms with Gasteiger partial charge >= 0.3 is 0 Å². The van der Waals surface area contributed by atoms with Crippen LogP contribution < -0.4 is 0 Å². The summed E-state index contributed by atoms with van der Waals surface area (Å²) in [5.41, 5.74) is 0.762. The van der Waals surface area contributed by atoms with Crippen molar-refractivity contribution in [2.24, 2.45) is 5.92 Å². The molecular weight excluding hydrogens is 362 g/mol. The van der Waals surface area contributed by atoms with Crippen LogP contribution in [-0.4, -0.2) is 42.4 Å². The SMILES string of the molecule is CCCCCC=C1C(=O)C(Cl)=CC1C=CC(O)CCCCC.CN(C)C=O. The Labute approximate surface area is 170 Å². The van der Waals surface area contributed by atoms with E-state index < -0.39 is 6.10 Å². The van der Waals surface area contributed by atoms with Gasteiger partial charge in [0, 0.05) is 25.6 Å². The highest BCUT2D eigenvalue weighted by atomic mass is 35.5. The van der Waals surface area contributed by atoms with E-state index in [4.69, 9.17) is 11.6 Å². The summed E-state index contributed by atoms with van der Waals surface area (Å²) < 4.78 is 0. The minimum atomic E-state index is -0.434. The van der Waals surface area contributed by atoms with E-state index in [0.29, 0.717) is 5.03 Å². The molecule has 0 radical (unpaired) electrons. The first-order valence-electron chi connectivity index (χ1n) is 9.97. The smallest absolute Gasteiger partial charge is 0.209 e. The lowest BCUT2D eigenvalue weighted by molar-refractivity contribution is -0.116. The third-order valence-electron chi connectivity index (χ3n) is 4.19. The van der Waals surface area contributed by atoms with Crippen LogP contribution in [0.1, 0.15) is 65.2 Å². The van der Waals surface area contributed by atoms with Gasteiger partial charge in [-0.3, -0.25) is 9.59 Å². The van der Waals surface area contributed by atoms with Gasteiger partial charge in [-0.25, -0.2) is 0 Å². The number of aliphatic hydroxyl groups is 1. The Morgan fingerprint density at radius 1 is 1.19 bits per heavy atom. The van der Waals surface area contributed by atoms with Crippen LogP contribution >= 0.6 is 11.6 Å². The molecule has 0 bridgehead atoms. The number of Topliss-reactive ketones (excluding diaryl/α,β-unsaturated/α-hetero) is 1. The Morgan fingerprint density at radius 3 is 2.33 bits per heavy atom.